The number of hydrogen-bond donors (Lipinski definition) is 2. The summed E-state index contributed by atoms with van der Waals surface area (Å²) in [4.78, 5) is 1.99. The Balaban J connectivity index is 1.99. The minimum absolute atomic E-state index is 0.316. The fourth-order valence-corrected chi connectivity index (χ4v) is 5.46. The van der Waals surface area contributed by atoms with Crippen LogP contribution in [0.5, 0.6) is 0 Å². The monoisotopic (exact) mass is 408 g/mol. The molecule has 21 heavy (non-hydrogen) atoms. The maximum Gasteiger partial charge on any atom is 0.250 e. The third-order valence-electron chi connectivity index (χ3n) is 2.65. The van der Waals surface area contributed by atoms with E-state index in [4.69, 9.17) is 0 Å². The summed E-state index contributed by atoms with van der Waals surface area (Å²) in [5.74, 6) is 0. The van der Waals surface area contributed by atoms with Crippen molar-refractivity contribution in [1.82, 2.24) is 10.0 Å². The van der Waals surface area contributed by atoms with Crippen LogP contribution in [0.2, 0.25) is 0 Å². The van der Waals surface area contributed by atoms with Crippen LogP contribution in [0.25, 0.3) is 0 Å². The smallest absolute Gasteiger partial charge is 0.250 e. The maximum absolute atomic E-state index is 12.2. The quantitative estimate of drug-likeness (QED) is 0.736. The van der Waals surface area contributed by atoms with E-state index < -0.39 is 10.0 Å². The highest BCUT2D eigenvalue weighted by Gasteiger charge is 2.17. The third kappa shape index (κ3) is 5.15. The van der Waals surface area contributed by atoms with Gasteiger partial charge in [0, 0.05) is 28.9 Å². The second-order valence-corrected chi connectivity index (χ2v) is 10.5. The lowest BCUT2D eigenvalue weighted by Gasteiger charge is -2.05. The summed E-state index contributed by atoms with van der Waals surface area (Å²) < 4.78 is 28.5. The molecule has 0 aromatic carbocycles. The van der Waals surface area contributed by atoms with E-state index >= 15 is 0 Å². The molecule has 2 heterocycles. The second-order valence-electron chi connectivity index (χ2n) is 4.79. The zero-order valence-electron chi connectivity index (χ0n) is 11.7. The first-order chi connectivity index (χ1) is 9.87. The van der Waals surface area contributed by atoms with Crippen LogP contribution in [0.1, 0.15) is 23.6 Å². The van der Waals surface area contributed by atoms with Crippen molar-refractivity contribution in [2.45, 2.75) is 37.2 Å². The molecule has 8 heteroatoms. The van der Waals surface area contributed by atoms with Crippen molar-refractivity contribution in [2.75, 3.05) is 0 Å². The average molecular weight is 409 g/mol. The molecule has 2 aromatic heterocycles. The first-order valence-corrected chi connectivity index (χ1v) is 10.3. The van der Waals surface area contributed by atoms with Gasteiger partial charge in [0.25, 0.3) is 0 Å². The molecule has 4 nitrogen and oxygen atoms in total. The van der Waals surface area contributed by atoms with E-state index in [0.717, 1.165) is 13.5 Å². The molecular formula is C13H17BrN2O2S3. The number of hydrogen-bond acceptors (Lipinski definition) is 5. The van der Waals surface area contributed by atoms with Crippen molar-refractivity contribution in [3.63, 3.8) is 0 Å². The highest BCUT2D eigenvalue weighted by atomic mass is 79.9. The summed E-state index contributed by atoms with van der Waals surface area (Å²) >= 11 is 6.19. The van der Waals surface area contributed by atoms with E-state index in [0.29, 0.717) is 23.3 Å². The minimum Gasteiger partial charge on any atom is -0.310 e. The zero-order valence-corrected chi connectivity index (χ0v) is 15.8. The lowest BCUT2D eigenvalue weighted by Crippen LogP contribution is -2.22. The van der Waals surface area contributed by atoms with E-state index in [2.05, 4.69) is 39.8 Å². The molecule has 0 amide bonds. The summed E-state index contributed by atoms with van der Waals surface area (Å²) in [7, 11) is -3.43. The molecular weight excluding hydrogens is 392 g/mol. The summed E-state index contributed by atoms with van der Waals surface area (Å²) in [6.07, 6.45) is 0. The van der Waals surface area contributed by atoms with Crippen LogP contribution in [-0.4, -0.2) is 14.5 Å². The Morgan fingerprint density at radius 3 is 2.38 bits per heavy atom. The Morgan fingerprint density at radius 2 is 1.76 bits per heavy atom. The number of halogens is 1. The van der Waals surface area contributed by atoms with Gasteiger partial charge in [-0.3, -0.25) is 0 Å². The van der Waals surface area contributed by atoms with Crippen LogP contribution in [0.4, 0.5) is 0 Å². The molecule has 0 atom stereocenters. The third-order valence-corrected chi connectivity index (χ3v) is 7.25. The van der Waals surface area contributed by atoms with Crippen LogP contribution in [0.15, 0.2) is 32.3 Å². The molecule has 2 aromatic rings. The molecule has 2 N–H and O–H groups in total. The first kappa shape index (κ1) is 17.1. The molecule has 0 radical (unpaired) electrons. The molecule has 2 rings (SSSR count). The molecule has 0 aliphatic heterocycles. The summed E-state index contributed by atoms with van der Waals surface area (Å²) in [6, 6.07) is 7.71. The van der Waals surface area contributed by atoms with Crippen LogP contribution >= 0.6 is 38.6 Å². The fraction of sp³-hybridized carbons (Fsp3) is 0.385. The summed E-state index contributed by atoms with van der Waals surface area (Å²) in [5, 5.41) is 3.28. The standard InChI is InChI=1S/C13H17BrN2O2S3/c1-9(2)15-7-10-4-6-13(20-10)21(17,18)16-8-11-3-5-12(14)19-11/h3-6,9,15-16H,7-8H2,1-2H3. The van der Waals surface area contributed by atoms with E-state index in [1.807, 2.05) is 18.2 Å². The lowest BCUT2D eigenvalue weighted by molar-refractivity contribution is 0.584. The number of rotatable bonds is 7. The topological polar surface area (TPSA) is 58.2 Å². The van der Waals surface area contributed by atoms with Crippen molar-refractivity contribution in [3.8, 4) is 0 Å². The Hall–Kier alpha value is -0.250. The Morgan fingerprint density at radius 1 is 1.10 bits per heavy atom. The molecule has 0 spiro atoms. The molecule has 0 saturated carbocycles. The van der Waals surface area contributed by atoms with Gasteiger partial charge in [0.2, 0.25) is 10.0 Å². The summed E-state index contributed by atoms with van der Waals surface area (Å²) in [6.45, 7) is 5.13. The van der Waals surface area contributed by atoms with Crippen molar-refractivity contribution in [3.05, 3.63) is 37.8 Å². The highest BCUT2D eigenvalue weighted by molar-refractivity contribution is 9.11. The van der Waals surface area contributed by atoms with E-state index in [-0.39, 0.29) is 0 Å². The Bertz CT molecular complexity index is 692. The average Bonchev–Trinajstić information content (AvgIpc) is 3.03. The largest absolute Gasteiger partial charge is 0.310 e. The van der Waals surface area contributed by atoms with Gasteiger partial charge in [-0.25, -0.2) is 13.1 Å². The van der Waals surface area contributed by atoms with Gasteiger partial charge in [0.15, 0.2) is 0 Å². The maximum atomic E-state index is 12.2. The molecule has 116 valence electrons. The van der Waals surface area contributed by atoms with Gasteiger partial charge in [-0.15, -0.1) is 22.7 Å². The normalized spacial score (nSPS) is 12.2. The SMILES string of the molecule is CC(C)NCc1ccc(S(=O)(=O)NCc2ccc(Br)s2)s1. The van der Waals surface area contributed by atoms with Gasteiger partial charge in [-0.2, -0.15) is 0 Å². The van der Waals surface area contributed by atoms with Crippen molar-refractivity contribution in [1.29, 1.82) is 0 Å². The van der Waals surface area contributed by atoms with Crippen molar-refractivity contribution in [2.24, 2.45) is 0 Å². The molecule has 0 bridgehead atoms. The number of thiophene rings is 2. The van der Waals surface area contributed by atoms with Gasteiger partial charge in [0.1, 0.15) is 4.21 Å². The molecule has 0 unspecified atom stereocenters. The fourth-order valence-electron chi connectivity index (χ4n) is 1.59. The van der Waals surface area contributed by atoms with E-state index in [1.54, 1.807) is 6.07 Å². The van der Waals surface area contributed by atoms with Crippen LogP contribution in [0.3, 0.4) is 0 Å². The highest BCUT2D eigenvalue weighted by Crippen LogP contribution is 2.24. The number of sulfonamides is 1. The first-order valence-electron chi connectivity index (χ1n) is 6.43. The molecule has 0 aliphatic carbocycles. The molecule has 0 aliphatic rings. The van der Waals surface area contributed by atoms with Crippen molar-refractivity contribution < 1.29 is 8.42 Å². The van der Waals surface area contributed by atoms with Gasteiger partial charge in [-0.1, -0.05) is 13.8 Å². The van der Waals surface area contributed by atoms with Gasteiger partial charge >= 0.3 is 0 Å². The van der Waals surface area contributed by atoms with E-state index in [9.17, 15) is 8.42 Å². The van der Waals surface area contributed by atoms with Crippen LogP contribution in [0, 0.1) is 0 Å². The zero-order chi connectivity index (χ0) is 15.5. The van der Waals surface area contributed by atoms with Gasteiger partial charge in [-0.05, 0) is 40.2 Å². The predicted octanol–water partition coefficient (Wildman–Crippen LogP) is 3.55. The van der Waals surface area contributed by atoms with Crippen LogP contribution in [-0.2, 0) is 23.1 Å². The van der Waals surface area contributed by atoms with E-state index in [1.165, 1.54) is 22.7 Å². The summed E-state index contributed by atoms with van der Waals surface area (Å²) in [5.41, 5.74) is 0. The lowest BCUT2D eigenvalue weighted by atomic mass is 10.4. The Labute approximate surface area is 141 Å². The molecule has 0 saturated heterocycles. The van der Waals surface area contributed by atoms with Gasteiger partial charge < -0.3 is 5.32 Å². The van der Waals surface area contributed by atoms with Gasteiger partial charge in [0.05, 0.1) is 3.79 Å². The Kier molecular flexibility index (Phi) is 5.98. The van der Waals surface area contributed by atoms with Crippen molar-refractivity contribution >= 4 is 48.6 Å². The van der Waals surface area contributed by atoms with Crippen LogP contribution < -0.4 is 10.0 Å². The number of nitrogens with one attached hydrogen (secondary N) is 2. The molecule has 0 fully saturated rings. The second kappa shape index (κ2) is 7.34. The predicted molar refractivity (Wildman–Crippen MR) is 92.3 cm³/mol. The minimum atomic E-state index is -3.43.